The van der Waals surface area contributed by atoms with Crippen molar-refractivity contribution in [2.75, 3.05) is 18.0 Å². The highest BCUT2D eigenvalue weighted by atomic mass is 19.1. The van der Waals surface area contributed by atoms with Crippen molar-refractivity contribution >= 4 is 17.5 Å². The van der Waals surface area contributed by atoms with E-state index >= 15 is 0 Å². The quantitative estimate of drug-likeness (QED) is 0.773. The first kappa shape index (κ1) is 18.4. The number of primary amides is 1. The van der Waals surface area contributed by atoms with Crippen molar-refractivity contribution < 1.29 is 14.0 Å². The summed E-state index contributed by atoms with van der Waals surface area (Å²) in [5.74, 6) is -1.00. The van der Waals surface area contributed by atoms with Gasteiger partial charge in [0.15, 0.2) is 0 Å². The van der Waals surface area contributed by atoms with Crippen molar-refractivity contribution in [1.82, 2.24) is 5.32 Å². The normalized spacial score (nSPS) is 11.6. The Balaban J connectivity index is 2.03. The second kappa shape index (κ2) is 8.82. The number of nitrogens with zero attached hydrogens (tertiary/aromatic N) is 1. The van der Waals surface area contributed by atoms with Gasteiger partial charge in [0.25, 0.3) is 0 Å². The first-order valence-electron chi connectivity index (χ1n) is 8.09. The molecule has 0 radical (unpaired) electrons. The summed E-state index contributed by atoms with van der Waals surface area (Å²) in [7, 11) is 0. The molecule has 0 aromatic heterocycles. The second-order valence-corrected chi connectivity index (χ2v) is 5.81. The maximum atomic E-state index is 13.1. The Morgan fingerprint density at radius 1 is 1.12 bits per heavy atom. The number of hydrogen-bond acceptors (Lipinski definition) is 3. The Bertz CT molecular complexity index is 704. The van der Waals surface area contributed by atoms with Gasteiger partial charge in [-0.1, -0.05) is 30.3 Å². The number of nitrogens with two attached hydrogens (primary N) is 1. The summed E-state index contributed by atoms with van der Waals surface area (Å²) < 4.78 is 13.1. The number of rotatable bonds is 8. The van der Waals surface area contributed by atoms with E-state index in [1.54, 1.807) is 17.0 Å². The largest absolute Gasteiger partial charge is 0.370 e. The molecule has 0 aliphatic heterocycles. The molecule has 0 heterocycles. The molecule has 2 rings (SSSR count). The van der Waals surface area contributed by atoms with Gasteiger partial charge in [-0.05, 0) is 36.8 Å². The van der Waals surface area contributed by atoms with Crippen LogP contribution >= 0.6 is 0 Å². The predicted octanol–water partition coefficient (Wildman–Crippen LogP) is 2.38. The molecule has 1 atom stereocenters. The van der Waals surface area contributed by atoms with Gasteiger partial charge in [-0.2, -0.15) is 0 Å². The van der Waals surface area contributed by atoms with Crippen LogP contribution < -0.4 is 16.0 Å². The smallest absolute Gasteiger partial charge is 0.239 e. The van der Waals surface area contributed by atoms with Gasteiger partial charge in [-0.15, -0.1) is 0 Å². The Morgan fingerprint density at radius 2 is 1.76 bits per heavy atom. The standard InChI is InChI=1S/C19H22FN3O2/c1-14(15-5-3-2-4-6-15)22-19(25)13-23(12-11-18(21)24)17-9-7-16(20)8-10-17/h2-10,14H,11-13H2,1H3,(H2,21,24)(H,22,25). The van der Waals surface area contributed by atoms with Crippen LogP contribution in [-0.4, -0.2) is 24.9 Å². The van der Waals surface area contributed by atoms with Gasteiger partial charge in [0.1, 0.15) is 5.82 Å². The van der Waals surface area contributed by atoms with Crippen LogP contribution in [0.25, 0.3) is 0 Å². The maximum absolute atomic E-state index is 13.1. The van der Waals surface area contributed by atoms with Crippen LogP contribution in [0.15, 0.2) is 54.6 Å². The van der Waals surface area contributed by atoms with Crippen LogP contribution in [0.5, 0.6) is 0 Å². The first-order valence-corrected chi connectivity index (χ1v) is 8.09. The molecule has 0 saturated carbocycles. The summed E-state index contributed by atoms with van der Waals surface area (Å²) in [4.78, 5) is 25.2. The highest BCUT2D eigenvalue weighted by molar-refractivity contribution is 5.82. The number of anilines is 1. The summed E-state index contributed by atoms with van der Waals surface area (Å²) in [5.41, 5.74) is 6.86. The topological polar surface area (TPSA) is 75.4 Å². The summed E-state index contributed by atoms with van der Waals surface area (Å²) in [5, 5.41) is 2.92. The van der Waals surface area contributed by atoms with Crippen molar-refractivity contribution in [2.45, 2.75) is 19.4 Å². The molecule has 0 aliphatic carbocycles. The molecule has 6 heteroatoms. The lowest BCUT2D eigenvalue weighted by molar-refractivity contribution is -0.121. The Morgan fingerprint density at radius 3 is 2.36 bits per heavy atom. The van der Waals surface area contributed by atoms with Crippen molar-refractivity contribution in [2.24, 2.45) is 5.73 Å². The highest BCUT2D eigenvalue weighted by Gasteiger charge is 2.15. The molecule has 132 valence electrons. The van der Waals surface area contributed by atoms with E-state index in [0.29, 0.717) is 5.69 Å². The molecular weight excluding hydrogens is 321 g/mol. The minimum Gasteiger partial charge on any atom is -0.370 e. The lowest BCUT2D eigenvalue weighted by Gasteiger charge is -2.25. The summed E-state index contributed by atoms with van der Waals surface area (Å²) in [6, 6.07) is 15.3. The SMILES string of the molecule is CC(NC(=O)CN(CCC(N)=O)c1ccc(F)cc1)c1ccccc1. The molecule has 3 N–H and O–H groups in total. The van der Waals surface area contributed by atoms with Crippen molar-refractivity contribution in [3.05, 3.63) is 66.0 Å². The molecule has 2 aromatic carbocycles. The molecule has 5 nitrogen and oxygen atoms in total. The van der Waals surface area contributed by atoms with E-state index in [1.165, 1.54) is 12.1 Å². The lowest BCUT2D eigenvalue weighted by atomic mass is 10.1. The van der Waals surface area contributed by atoms with E-state index in [9.17, 15) is 14.0 Å². The zero-order chi connectivity index (χ0) is 18.2. The number of hydrogen-bond donors (Lipinski definition) is 2. The first-order chi connectivity index (χ1) is 12.0. The predicted molar refractivity (Wildman–Crippen MR) is 95.4 cm³/mol. The van der Waals surface area contributed by atoms with E-state index < -0.39 is 5.91 Å². The molecule has 2 amide bonds. The average Bonchev–Trinajstić information content (AvgIpc) is 2.60. The van der Waals surface area contributed by atoms with Gasteiger partial charge in [0.2, 0.25) is 11.8 Å². The summed E-state index contributed by atoms with van der Waals surface area (Å²) in [6.45, 7) is 2.24. The van der Waals surface area contributed by atoms with Crippen molar-refractivity contribution in [3.63, 3.8) is 0 Å². The molecule has 2 aromatic rings. The number of carbonyl (C=O) groups is 2. The Kier molecular flexibility index (Phi) is 6.51. The third-order valence-corrected chi connectivity index (χ3v) is 3.83. The van der Waals surface area contributed by atoms with Crippen molar-refractivity contribution in [1.29, 1.82) is 0 Å². The Labute approximate surface area is 146 Å². The minimum absolute atomic E-state index is 0.0517. The van der Waals surface area contributed by atoms with E-state index in [1.807, 2.05) is 37.3 Å². The monoisotopic (exact) mass is 343 g/mol. The van der Waals surface area contributed by atoms with Crippen LogP contribution in [0.1, 0.15) is 24.9 Å². The number of benzene rings is 2. The molecule has 0 aliphatic rings. The van der Waals surface area contributed by atoms with Crippen LogP contribution in [0, 0.1) is 5.82 Å². The number of amides is 2. The molecule has 0 spiro atoms. The fourth-order valence-corrected chi connectivity index (χ4v) is 2.48. The van der Waals surface area contributed by atoms with Crippen LogP contribution in [0.3, 0.4) is 0 Å². The number of halogens is 1. The molecule has 0 bridgehead atoms. The minimum atomic E-state index is -0.454. The average molecular weight is 343 g/mol. The van der Waals surface area contributed by atoms with Crippen LogP contribution in [0.2, 0.25) is 0 Å². The van der Waals surface area contributed by atoms with Gasteiger partial charge in [0.05, 0.1) is 12.6 Å². The molecule has 25 heavy (non-hydrogen) atoms. The van der Waals surface area contributed by atoms with E-state index in [4.69, 9.17) is 5.73 Å². The van der Waals surface area contributed by atoms with E-state index in [0.717, 1.165) is 5.56 Å². The third-order valence-electron chi connectivity index (χ3n) is 3.83. The zero-order valence-corrected chi connectivity index (χ0v) is 14.1. The fraction of sp³-hybridized carbons (Fsp3) is 0.263. The molecule has 1 unspecified atom stereocenters. The van der Waals surface area contributed by atoms with Gasteiger partial charge in [0, 0.05) is 18.7 Å². The van der Waals surface area contributed by atoms with Crippen LogP contribution in [0.4, 0.5) is 10.1 Å². The summed E-state index contributed by atoms with van der Waals surface area (Å²) >= 11 is 0. The highest BCUT2D eigenvalue weighted by Crippen LogP contribution is 2.16. The molecular formula is C19H22FN3O2. The molecule has 0 saturated heterocycles. The van der Waals surface area contributed by atoms with Gasteiger partial charge >= 0.3 is 0 Å². The Hall–Kier alpha value is -2.89. The lowest BCUT2D eigenvalue weighted by Crippen LogP contribution is -2.39. The fourth-order valence-electron chi connectivity index (χ4n) is 2.48. The van der Waals surface area contributed by atoms with Crippen molar-refractivity contribution in [3.8, 4) is 0 Å². The number of carbonyl (C=O) groups excluding carboxylic acids is 2. The zero-order valence-electron chi connectivity index (χ0n) is 14.1. The van der Waals surface area contributed by atoms with Gasteiger partial charge in [-0.3, -0.25) is 9.59 Å². The third kappa shape index (κ3) is 5.91. The van der Waals surface area contributed by atoms with E-state index in [-0.39, 0.29) is 37.3 Å². The van der Waals surface area contributed by atoms with Crippen LogP contribution in [-0.2, 0) is 9.59 Å². The van der Waals surface area contributed by atoms with Gasteiger partial charge in [-0.25, -0.2) is 4.39 Å². The second-order valence-electron chi connectivity index (χ2n) is 5.81. The maximum Gasteiger partial charge on any atom is 0.239 e. The van der Waals surface area contributed by atoms with E-state index in [2.05, 4.69) is 5.32 Å². The van der Waals surface area contributed by atoms with Gasteiger partial charge < -0.3 is 16.0 Å². The number of nitrogens with one attached hydrogen (secondary N) is 1. The molecule has 0 fully saturated rings. The summed E-state index contributed by atoms with van der Waals surface area (Å²) in [6.07, 6.45) is 0.110.